The summed E-state index contributed by atoms with van der Waals surface area (Å²) in [5.74, 6) is -0.274. The van der Waals surface area contributed by atoms with Crippen LogP contribution in [0, 0.1) is 0 Å². The summed E-state index contributed by atoms with van der Waals surface area (Å²) >= 11 is 1.65. The molecule has 66 valence electrons. The molecular formula is C10H9NOS. The predicted octanol–water partition coefficient (Wildman–Crippen LogP) is 1.93. The van der Waals surface area contributed by atoms with Gasteiger partial charge in [-0.05, 0) is 22.4 Å². The summed E-state index contributed by atoms with van der Waals surface area (Å²) in [4.78, 5) is 10.7. The van der Waals surface area contributed by atoms with Gasteiger partial charge in [-0.1, -0.05) is 18.2 Å². The molecule has 1 aromatic carbocycles. The average Bonchev–Trinajstić information content (AvgIpc) is 2.48. The van der Waals surface area contributed by atoms with Gasteiger partial charge in [-0.2, -0.15) is 0 Å². The molecule has 0 atom stereocenters. The second-order valence-corrected chi connectivity index (χ2v) is 3.81. The SMILES string of the molecule is NC(=O)Cc1csc2ccccc12. The molecule has 3 heteroatoms. The Labute approximate surface area is 80.0 Å². The molecule has 0 radical (unpaired) electrons. The molecule has 2 nitrogen and oxygen atoms in total. The molecule has 2 N–H and O–H groups in total. The van der Waals surface area contributed by atoms with Gasteiger partial charge in [-0.25, -0.2) is 0 Å². The van der Waals surface area contributed by atoms with Gasteiger partial charge >= 0.3 is 0 Å². The Hall–Kier alpha value is -1.35. The highest BCUT2D eigenvalue weighted by Crippen LogP contribution is 2.25. The molecule has 0 saturated heterocycles. The van der Waals surface area contributed by atoms with Crippen LogP contribution in [-0.4, -0.2) is 5.91 Å². The third kappa shape index (κ3) is 1.55. The number of nitrogens with two attached hydrogens (primary N) is 1. The van der Waals surface area contributed by atoms with Crippen molar-refractivity contribution in [1.29, 1.82) is 0 Å². The van der Waals surface area contributed by atoms with Gasteiger partial charge in [0.05, 0.1) is 6.42 Å². The Balaban J connectivity index is 2.51. The van der Waals surface area contributed by atoms with Crippen LogP contribution in [0.4, 0.5) is 0 Å². The molecule has 0 spiro atoms. The number of fused-ring (bicyclic) bond motifs is 1. The first-order valence-electron chi connectivity index (χ1n) is 4.01. The van der Waals surface area contributed by atoms with E-state index in [9.17, 15) is 4.79 Å². The highest BCUT2D eigenvalue weighted by molar-refractivity contribution is 7.17. The van der Waals surface area contributed by atoms with Crippen LogP contribution in [0.5, 0.6) is 0 Å². The number of rotatable bonds is 2. The van der Waals surface area contributed by atoms with Crippen molar-refractivity contribution < 1.29 is 4.79 Å². The molecule has 1 heterocycles. The lowest BCUT2D eigenvalue weighted by Gasteiger charge is -1.93. The van der Waals surface area contributed by atoms with Crippen molar-refractivity contribution in [2.45, 2.75) is 6.42 Å². The lowest BCUT2D eigenvalue weighted by molar-refractivity contribution is -0.117. The van der Waals surface area contributed by atoms with Gasteiger partial charge in [-0.3, -0.25) is 4.79 Å². The summed E-state index contributed by atoms with van der Waals surface area (Å²) < 4.78 is 1.21. The summed E-state index contributed by atoms with van der Waals surface area (Å²) in [6.07, 6.45) is 0.337. The summed E-state index contributed by atoms with van der Waals surface area (Å²) in [6, 6.07) is 8.03. The van der Waals surface area contributed by atoms with E-state index in [1.807, 2.05) is 29.6 Å². The van der Waals surface area contributed by atoms with Crippen LogP contribution in [-0.2, 0) is 11.2 Å². The van der Waals surface area contributed by atoms with Crippen molar-refractivity contribution in [3.8, 4) is 0 Å². The van der Waals surface area contributed by atoms with Crippen LogP contribution in [0.3, 0.4) is 0 Å². The van der Waals surface area contributed by atoms with Gasteiger partial charge in [-0.15, -0.1) is 11.3 Å². The fourth-order valence-corrected chi connectivity index (χ4v) is 2.32. The van der Waals surface area contributed by atoms with Gasteiger partial charge in [0.2, 0.25) is 5.91 Å². The number of benzene rings is 1. The minimum atomic E-state index is -0.274. The maximum Gasteiger partial charge on any atom is 0.221 e. The molecular weight excluding hydrogens is 182 g/mol. The topological polar surface area (TPSA) is 43.1 Å². The minimum absolute atomic E-state index is 0.274. The van der Waals surface area contributed by atoms with Crippen LogP contribution in [0.25, 0.3) is 10.1 Å². The van der Waals surface area contributed by atoms with Gasteiger partial charge < -0.3 is 5.73 Å². The number of thiophene rings is 1. The van der Waals surface area contributed by atoms with E-state index < -0.39 is 0 Å². The van der Waals surface area contributed by atoms with Crippen LogP contribution in [0.2, 0.25) is 0 Å². The van der Waals surface area contributed by atoms with Crippen molar-refractivity contribution in [1.82, 2.24) is 0 Å². The molecule has 0 aliphatic heterocycles. The zero-order valence-corrected chi connectivity index (χ0v) is 7.80. The molecule has 0 unspecified atom stereocenters. The van der Waals surface area contributed by atoms with Crippen LogP contribution >= 0.6 is 11.3 Å². The molecule has 1 amide bonds. The maximum absolute atomic E-state index is 10.7. The Morgan fingerprint density at radius 2 is 2.15 bits per heavy atom. The zero-order chi connectivity index (χ0) is 9.26. The van der Waals surface area contributed by atoms with Gasteiger partial charge in [0.25, 0.3) is 0 Å². The largest absolute Gasteiger partial charge is 0.369 e. The van der Waals surface area contributed by atoms with E-state index in [1.54, 1.807) is 11.3 Å². The van der Waals surface area contributed by atoms with Crippen LogP contribution in [0.1, 0.15) is 5.56 Å². The molecule has 0 fully saturated rings. The number of primary amides is 1. The molecule has 1 aromatic heterocycles. The average molecular weight is 191 g/mol. The first-order chi connectivity index (χ1) is 6.27. The van der Waals surface area contributed by atoms with Crippen molar-refractivity contribution in [2.24, 2.45) is 5.73 Å². The maximum atomic E-state index is 10.7. The number of hydrogen-bond donors (Lipinski definition) is 1. The first-order valence-corrected chi connectivity index (χ1v) is 4.89. The van der Waals surface area contributed by atoms with Gasteiger partial charge in [0, 0.05) is 4.70 Å². The Bertz CT molecular complexity index is 447. The smallest absolute Gasteiger partial charge is 0.221 e. The number of hydrogen-bond acceptors (Lipinski definition) is 2. The second kappa shape index (κ2) is 3.18. The molecule has 0 saturated carbocycles. The zero-order valence-electron chi connectivity index (χ0n) is 6.99. The number of amides is 1. The fraction of sp³-hybridized carbons (Fsp3) is 0.100. The highest BCUT2D eigenvalue weighted by atomic mass is 32.1. The quantitative estimate of drug-likeness (QED) is 0.774. The Morgan fingerprint density at radius 3 is 2.92 bits per heavy atom. The molecule has 0 bridgehead atoms. The fourth-order valence-electron chi connectivity index (χ4n) is 1.36. The summed E-state index contributed by atoms with van der Waals surface area (Å²) in [5.41, 5.74) is 6.18. The van der Waals surface area contributed by atoms with E-state index in [4.69, 9.17) is 5.73 Å². The van der Waals surface area contributed by atoms with Gasteiger partial charge in [0.1, 0.15) is 0 Å². The van der Waals surface area contributed by atoms with Crippen molar-refractivity contribution in [2.75, 3.05) is 0 Å². The van der Waals surface area contributed by atoms with E-state index in [0.29, 0.717) is 6.42 Å². The van der Waals surface area contributed by atoms with E-state index in [-0.39, 0.29) is 5.91 Å². The third-order valence-electron chi connectivity index (χ3n) is 1.93. The second-order valence-electron chi connectivity index (χ2n) is 2.90. The van der Waals surface area contributed by atoms with Crippen molar-refractivity contribution >= 4 is 27.3 Å². The summed E-state index contributed by atoms with van der Waals surface area (Å²) in [5, 5.41) is 3.14. The molecule has 13 heavy (non-hydrogen) atoms. The predicted molar refractivity (Wildman–Crippen MR) is 54.7 cm³/mol. The third-order valence-corrected chi connectivity index (χ3v) is 2.94. The number of carbonyl (C=O) groups is 1. The monoisotopic (exact) mass is 191 g/mol. The van der Waals surface area contributed by atoms with E-state index in [2.05, 4.69) is 0 Å². The lowest BCUT2D eigenvalue weighted by Crippen LogP contribution is -2.13. The van der Waals surface area contributed by atoms with E-state index in [0.717, 1.165) is 10.9 Å². The summed E-state index contributed by atoms with van der Waals surface area (Å²) in [7, 11) is 0. The van der Waals surface area contributed by atoms with E-state index in [1.165, 1.54) is 4.70 Å². The van der Waals surface area contributed by atoms with E-state index >= 15 is 0 Å². The standard InChI is InChI=1S/C10H9NOS/c11-10(12)5-7-6-13-9-4-2-1-3-8(7)9/h1-4,6H,5H2,(H2,11,12). The Kier molecular flexibility index (Phi) is 2.02. The number of carbonyl (C=O) groups excluding carboxylic acids is 1. The van der Waals surface area contributed by atoms with Crippen molar-refractivity contribution in [3.63, 3.8) is 0 Å². The van der Waals surface area contributed by atoms with Gasteiger partial charge in [0.15, 0.2) is 0 Å². The summed E-state index contributed by atoms with van der Waals surface area (Å²) in [6.45, 7) is 0. The van der Waals surface area contributed by atoms with Crippen molar-refractivity contribution in [3.05, 3.63) is 35.2 Å². The normalized spacial score (nSPS) is 10.5. The minimum Gasteiger partial charge on any atom is -0.369 e. The molecule has 0 aliphatic rings. The Morgan fingerprint density at radius 1 is 1.38 bits per heavy atom. The lowest BCUT2D eigenvalue weighted by atomic mass is 10.1. The molecule has 0 aliphatic carbocycles. The van der Waals surface area contributed by atoms with Crippen LogP contribution < -0.4 is 5.73 Å². The van der Waals surface area contributed by atoms with Crippen LogP contribution in [0.15, 0.2) is 29.6 Å². The first kappa shape index (κ1) is 8.26. The highest BCUT2D eigenvalue weighted by Gasteiger charge is 2.04. The molecule has 2 aromatic rings. The molecule has 2 rings (SSSR count).